The van der Waals surface area contributed by atoms with Crippen molar-refractivity contribution in [2.45, 2.75) is 84.8 Å². The maximum atomic E-state index is 12.4. The topological polar surface area (TPSA) is 109 Å². The number of carbonyl (C=O) groups is 2. The zero-order chi connectivity index (χ0) is 22.1. The molecule has 176 valence electrons. The van der Waals surface area contributed by atoms with Crippen LogP contribution < -0.4 is 16.4 Å². The molecule has 0 saturated carbocycles. The first-order valence-corrected chi connectivity index (χ1v) is 10.9. The molecule has 4 N–H and O–H groups in total. The van der Waals surface area contributed by atoms with E-state index in [1.165, 1.54) is 0 Å². The molecule has 30 heavy (non-hydrogen) atoms. The van der Waals surface area contributed by atoms with Gasteiger partial charge in [-0.25, -0.2) is 4.79 Å². The third-order valence-corrected chi connectivity index (χ3v) is 5.29. The minimum Gasteiger partial charge on any atom is -0.444 e. The van der Waals surface area contributed by atoms with Crippen LogP contribution in [0.3, 0.4) is 0 Å². The van der Waals surface area contributed by atoms with E-state index in [0.29, 0.717) is 13.0 Å². The van der Waals surface area contributed by atoms with E-state index in [1.54, 1.807) is 0 Å². The Bertz CT molecular complexity index is 573. The molecule has 1 aliphatic rings. The molecular weight excluding hydrogens is 497 g/mol. The van der Waals surface area contributed by atoms with Crippen molar-refractivity contribution in [2.75, 3.05) is 26.2 Å². The summed E-state index contributed by atoms with van der Waals surface area (Å²) >= 11 is 0. The highest BCUT2D eigenvalue weighted by atomic mass is 127. The summed E-state index contributed by atoms with van der Waals surface area (Å²) in [6.45, 7) is 14.6. The molecule has 1 aliphatic heterocycles. The standard InChI is InChI=1S/C21H41N5O3.HI/c1-7-21(8-2,25-19(28)29-20(4,5)6)15-24-18(23-9-3)26-12-10-11-16(14-26)13-17(22)27;/h16H,7-15H2,1-6H3,(H2,22,27)(H,23,24)(H,25,28);1H. The van der Waals surface area contributed by atoms with E-state index in [9.17, 15) is 9.59 Å². The van der Waals surface area contributed by atoms with Crippen LogP contribution in [0.1, 0.15) is 73.6 Å². The summed E-state index contributed by atoms with van der Waals surface area (Å²) in [5.74, 6) is 0.822. The Kier molecular flexibility index (Phi) is 12.7. The SMILES string of the molecule is CCNC(=NCC(CC)(CC)NC(=O)OC(C)(C)C)N1CCCC(CC(N)=O)C1.I. The number of carbonyl (C=O) groups excluding carboxylic acids is 2. The fraction of sp³-hybridized carbons (Fsp3) is 0.857. The minimum absolute atomic E-state index is 0. The van der Waals surface area contributed by atoms with E-state index in [0.717, 1.165) is 51.3 Å². The minimum atomic E-state index is -0.543. The lowest BCUT2D eigenvalue weighted by Gasteiger charge is -2.36. The first-order chi connectivity index (χ1) is 13.5. The summed E-state index contributed by atoms with van der Waals surface area (Å²) in [6, 6.07) is 0. The van der Waals surface area contributed by atoms with E-state index in [4.69, 9.17) is 15.5 Å². The van der Waals surface area contributed by atoms with Gasteiger partial charge in [0.25, 0.3) is 0 Å². The second kappa shape index (κ2) is 13.2. The monoisotopic (exact) mass is 539 g/mol. The third kappa shape index (κ3) is 10.2. The molecule has 0 spiro atoms. The van der Waals surface area contributed by atoms with Crippen molar-refractivity contribution in [1.82, 2.24) is 15.5 Å². The molecule has 0 aliphatic carbocycles. The number of guanidine groups is 1. The predicted octanol–water partition coefficient (Wildman–Crippen LogP) is 3.24. The second-order valence-corrected chi connectivity index (χ2v) is 8.91. The molecule has 0 radical (unpaired) electrons. The van der Waals surface area contributed by atoms with Crippen LogP contribution in [0.2, 0.25) is 0 Å². The number of alkyl carbamates (subject to hydrolysis) is 1. The van der Waals surface area contributed by atoms with Gasteiger partial charge in [0.15, 0.2) is 5.96 Å². The zero-order valence-corrected chi connectivity index (χ0v) is 21.9. The van der Waals surface area contributed by atoms with Crippen LogP contribution in [0.4, 0.5) is 4.79 Å². The van der Waals surface area contributed by atoms with E-state index < -0.39 is 17.2 Å². The summed E-state index contributed by atoms with van der Waals surface area (Å²) in [6.07, 6.45) is 3.49. The van der Waals surface area contributed by atoms with Crippen LogP contribution in [0.5, 0.6) is 0 Å². The quantitative estimate of drug-likeness (QED) is 0.249. The number of ether oxygens (including phenoxy) is 1. The predicted molar refractivity (Wildman–Crippen MR) is 132 cm³/mol. The van der Waals surface area contributed by atoms with Gasteiger partial charge in [-0.15, -0.1) is 24.0 Å². The molecule has 0 aromatic heterocycles. The molecule has 2 amide bonds. The normalized spacial score (nSPS) is 17.7. The van der Waals surface area contributed by atoms with E-state index in [2.05, 4.69) is 15.5 Å². The molecule has 0 bridgehead atoms. The average molecular weight is 540 g/mol. The smallest absolute Gasteiger partial charge is 0.408 e. The number of halogens is 1. The fourth-order valence-electron chi connectivity index (χ4n) is 3.57. The lowest BCUT2D eigenvalue weighted by molar-refractivity contribution is -0.119. The molecule has 8 nitrogen and oxygen atoms in total. The summed E-state index contributed by atoms with van der Waals surface area (Å²) in [7, 11) is 0. The molecule has 9 heteroatoms. The number of amides is 2. The van der Waals surface area contributed by atoms with E-state index >= 15 is 0 Å². The van der Waals surface area contributed by atoms with Crippen molar-refractivity contribution in [3.05, 3.63) is 0 Å². The number of hydrogen-bond donors (Lipinski definition) is 3. The largest absolute Gasteiger partial charge is 0.444 e. The molecule has 0 aromatic carbocycles. The van der Waals surface area contributed by atoms with Crippen molar-refractivity contribution >= 4 is 41.9 Å². The van der Waals surface area contributed by atoms with Gasteiger partial charge >= 0.3 is 6.09 Å². The van der Waals surface area contributed by atoms with Crippen LogP contribution in [-0.2, 0) is 9.53 Å². The first-order valence-electron chi connectivity index (χ1n) is 10.9. The van der Waals surface area contributed by atoms with Crippen LogP contribution in [0, 0.1) is 5.92 Å². The number of primary amides is 1. The Labute approximate surface area is 199 Å². The summed E-state index contributed by atoms with van der Waals surface area (Å²) < 4.78 is 5.45. The highest BCUT2D eigenvalue weighted by molar-refractivity contribution is 14.0. The van der Waals surface area contributed by atoms with Gasteiger partial charge < -0.3 is 26.0 Å². The molecule has 1 rings (SSSR count). The van der Waals surface area contributed by atoms with Crippen molar-refractivity contribution in [1.29, 1.82) is 0 Å². The number of nitrogens with two attached hydrogens (primary N) is 1. The van der Waals surface area contributed by atoms with Gasteiger partial charge in [-0.2, -0.15) is 0 Å². The second-order valence-electron chi connectivity index (χ2n) is 8.91. The maximum absolute atomic E-state index is 12.4. The zero-order valence-electron chi connectivity index (χ0n) is 19.5. The number of nitrogens with one attached hydrogen (secondary N) is 2. The number of nitrogens with zero attached hydrogens (tertiary/aromatic N) is 2. The van der Waals surface area contributed by atoms with Gasteiger partial charge in [-0.1, -0.05) is 13.8 Å². The van der Waals surface area contributed by atoms with E-state index in [1.807, 2.05) is 41.5 Å². The van der Waals surface area contributed by atoms with Crippen molar-refractivity contribution < 1.29 is 14.3 Å². The lowest BCUT2D eigenvalue weighted by Crippen LogP contribution is -2.53. The summed E-state index contributed by atoms with van der Waals surface area (Å²) in [5, 5.41) is 6.40. The Morgan fingerprint density at radius 1 is 1.20 bits per heavy atom. The van der Waals surface area contributed by atoms with Gasteiger partial charge in [-0.3, -0.25) is 9.79 Å². The highest BCUT2D eigenvalue weighted by Crippen LogP contribution is 2.21. The fourth-order valence-corrected chi connectivity index (χ4v) is 3.57. The Morgan fingerprint density at radius 3 is 2.33 bits per heavy atom. The first kappa shape index (κ1) is 28.7. The lowest BCUT2D eigenvalue weighted by atomic mass is 9.93. The van der Waals surface area contributed by atoms with Gasteiger partial charge in [0, 0.05) is 26.1 Å². The third-order valence-electron chi connectivity index (χ3n) is 5.29. The Balaban J connectivity index is 0.00000841. The van der Waals surface area contributed by atoms with Gasteiger partial charge in [0.2, 0.25) is 5.91 Å². The van der Waals surface area contributed by atoms with Crippen LogP contribution in [0.25, 0.3) is 0 Å². The van der Waals surface area contributed by atoms with Gasteiger partial charge in [0.1, 0.15) is 5.60 Å². The number of aliphatic imine (C=N–C) groups is 1. The van der Waals surface area contributed by atoms with Crippen LogP contribution in [-0.4, -0.2) is 60.2 Å². The Morgan fingerprint density at radius 2 is 1.83 bits per heavy atom. The average Bonchev–Trinajstić information content (AvgIpc) is 2.62. The maximum Gasteiger partial charge on any atom is 0.408 e. The summed E-state index contributed by atoms with van der Waals surface area (Å²) in [5.41, 5.74) is 4.38. The molecular formula is C21H42IN5O3. The molecule has 1 unspecified atom stereocenters. The highest BCUT2D eigenvalue weighted by Gasteiger charge is 2.31. The van der Waals surface area contributed by atoms with Crippen LogP contribution >= 0.6 is 24.0 Å². The molecule has 0 aromatic rings. The number of likely N-dealkylation sites (tertiary alicyclic amines) is 1. The molecule has 1 heterocycles. The van der Waals surface area contributed by atoms with Crippen molar-refractivity contribution in [3.63, 3.8) is 0 Å². The molecule has 1 fully saturated rings. The summed E-state index contributed by atoms with van der Waals surface area (Å²) in [4.78, 5) is 30.7. The van der Waals surface area contributed by atoms with Gasteiger partial charge in [0.05, 0.1) is 12.1 Å². The number of piperidine rings is 1. The number of hydrogen-bond acceptors (Lipinski definition) is 4. The molecule has 1 atom stereocenters. The van der Waals surface area contributed by atoms with Crippen molar-refractivity contribution in [2.24, 2.45) is 16.6 Å². The molecule has 1 saturated heterocycles. The van der Waals surface area contributed by atoms with Crippen LogP contribution in [0.15, 0.2) is 4.99 Å². The van der Waals surface area contributed by atoms with Gasteiger partial charge in [-0.05, 0) is 59.3 Å². The van der Waals surface area contributed by atoms with Crippen molar-refractivity contribution in [3.8, 4) is 0 Å². The number of rotatable bonds is 8. The van der Waals surface area contributed by atoms with E-state index in [-0.39, 0.29) is 35.8 Å². The Hall–Kier alpha value is -1.26.